The van der Waals surface area contributed by atoms with Gasteiger partial charge in [-0.15, -0.1) is 0 Å². The van der Waals surface area contributed by atoms with Crippen LogP contribution in [0.15, 0.2) is 42.5 Å². The second kappa shape index (κ2) is 14.6. The van der Waals surface area contributed by atoms with E-state index in [1.54, 1.807) is 31.1 Å². The number of sulfonamides is 1. The maximum absolute atomic E-state index is 13.5. The minimum Gasteiger partial charge on any atom is -0.497 e. The second-order valence-electron chi connectivity index (χ2n) is 10.1. The molecule has 2 aromatic carbocycles. The third-order valence-electron chi connectivity index (χ3n) is 7.21. The SMILES string of the molecule is COc1ccc(CN(C(=O)CCCN(c2ccc(OC)c(Cl)c2)S(C)(=O)=O)[C@H](C)C(=O)NC2CCCCC2)cc1. The van der Waals surface area contributed by atoms with Gasteiger partial charge in [-0.05, 0) is 62.1 Å². The molecule has 0 aromatic heterocycles. The zero-order valence-corrected chi connectivity index (χ0v) is 25.3. The van der Waals surface area contributed by atoms with Crippen LogP contribution in [0.4, 0.5) is 5.69 Å². The van der Waals surface area contributed by atoms with Gasteiger partial charge in [0.2, 0.25) is 21.8 Å². The van der Waals surface area contributed by atoms with Crippen LogP contribution in [0.25, 0.3) is 0 Å². The van der Waals surface area contributed by atoms with Crippen molar-refractivity contribution in [3.63, 3.8) is 0 Å². The number of anilines is 1. The monoisotopic (exact) mass is 593 g/mol. The van der Waals surface area contributed by atoms with Crippen LogP contribution < -0.4 is 19.1 Å². The molecule has 0 heterocycles. The van der Waals surface area contributed by atoms with E-state index in [0.717, 1.165) is 37.5 Å². The number of nitrogens with one attached hydrogen (secondary N) is 1. The van der Waals surface area contributed by atoms with Crippen LogP contribution in [0.2, 0.25) is 5.02 Å². The normalized spacial score (nSPS) is 14.7. The van der Waals surface area contributed by atoms with Gasteiger partial charge in [0.15, 0.2) is 0 Å². The highest BCUT2D eigenvalue weighted by molar-refractivity contribution is 7.92. The Morgan fingerprint density at radius 3 is 2.30 bits per heavy atom. The van der Waals surface area contributed by atoms with Gasteiger partial charge in [-0.3, -0.25) is 13.9 Å². The fraction of sp³-hybridized carbons (Fsp3) is 0.517. The number of benzene rings is 2. The van der Waals surface area contributed by atoms with Gasteiger partial charge >= 0.3 is 0 Å². The van der Waals surface area contributed by atoms with Crippen LogP contribution in [0.5, 0.6) is 11.5 Å². The number of amides is 2. The molecule has 9 nitrogen and oxygen atoms in total. The van der Waals surface area contributed by atoms with E-state index in [2.05, 4.69) is 5.32 Å². The van der Waals surface area contributed by atoms with Gasteiger partial charge < -0.3 is 19.7 Å². The molecule has 1 aliphatic rings. The van der Waals surface area contributed by atoms with E-state index in [4.69, 9.17) is 21.1 Å². The van der Waals surface area contributed by atoms with Crippen LogP contribution in [-0.4, -0.2) is 64.2 Å². The fourth-order valence-corrected chi connectivity index (χ4v) is 6.10. The van der Waals surface area contributed by atoms with Gasteiger partial charge in [0.05, 0.1) is 31.2 Å². The number of nitrogens with zero attached hydrogens (tertiary/aromatic N) is 2. The first kappa shape index (κ1) is 31.5. The van der Waals surface area contributed by atoms with Crippen LogP contribution in [0, 0.1) is 0 Å². The third-order valence-corrected chi connectivity index (χ3v) is 8.70. The van der Waals surface area contributed by atoms with Gasteiger partial charge in [0.1, 0.15) is 17.5 Å². The molecule has 40 heavy (non-hydrogen) atoms. The number of rotatable bonds is 13. The highest BCUT2D eigenvalue weighted by Crippen LogP contribution is 2.30. The Hall–Kier alpha value is -2.98. The second-order valence-corrected chi connectivity index (χ2v) is 12.5. The summed E-state index contributed by atoms with van der Waals surface area (Å²) in [4.78, 5) is 28.3. The molecule has 0 radical (unpaired) electrons. The highest BCUT2D eigenvalue weighted by Gasteiger charge is 2.28. The van der Waals surface area contributed by atoms with Crippen LogP contribution >= 0.6 is 11.6 Å². The number of hydrogen-bond acceptors (Lipinski definition) is 6. The molecule has 1 atom stereocenters. The van der Waals surface area contributed by atoms with Gasteiger partial charge in [0.25, 0.3) is 0 Å². The molecular weight excluding hydrogens is 554 g/mol. The fourth-order valence-electron chi connectivity index (χ4n) is 4.89. The van der Waals surface area contributed by atoms with Gasteiger partial charge in [-0.25, -0.2) is 8.42 Å². The zero-order valence-electron chi connectivity index (χ0n) is 23.7. The van der Waals surface area contributed by atoms with Crippen molar-refractivity contribution in [2.24, 2.45) is 0 Å². The molecular formula is C29H40ClN3O6S. The predicted molar refractivity (Wildman–Crippen MR) is 157 cm³/mol. The maximum Gasteiger partial charge on any atom is 0.242 e. The van der Waals surface area contributed by atoms with E-state index >= 15 is 0 Å². The molecule has 0 bridgehead atoms. The lowest BCUT2D eigenvalue weighted by Crippen LogP contribution is -2.50. The average Bonchev–Trinajstić information content (AvgIpc) is 2.93. The summed E-state index contributed by atoms with van der Waals surface area (Å²) >= 11 is 6.23. The van der Waals surface area contributed by atoms with Gasteiger partial charge in [0, 0.05) is 25.6 Å². The quantitative estimate of drug-likeness (QED) is 0.359. The molecule has 11 heteroatoms. The molecule has 1 N–H and O–H groups in total. The van der Waals surface area contributed by atoms with Crippen molar-refractivity contribution in [3.05, 3.63) is 53.1 Å². The lowest BCUT2D eigenvalue weighted by Gasteiger charge is -2.31. The van der Waals surface area contributed by atoms with Crippen molar-refractivity contribution < 1.29 is 27.5 Å². The van der Waals surface area contributed by atoms with Gasteiger partial charge in [-0.2, -0.15) is 0 Å². The van der Waals surface area contributed by atoms with Gasteiger partial charge in [-0.1, -0.05) is 43.0 Å². The molecule has 0 spiro atoms. The smallest absolute Gasteiger partial charge is 0.242 e. The number of ether oxygens (including phenoxy) is 2. The number of halogens is 1. The van der Waals surface area contributed by atoms with Crippen LogP contribution in [0.3, 0.4) is 0 Å². The zero-order chi connectivity index (χ0) is 29.3. The highest BCUT2D eigenvalue weighted by atomic mass is 35.5. The van der Waals surface area contributed by atoms with E-state index in [1.807, 2.05) is 24.3 Å². The van der Waals surface area contributed by atoms with E-state index in [0.29, 0.717) is 17.2 Å². The number of hydrogen-bond donors (Lipinski definition) is 1. The van der Waals surface area contributed by atoms with E-state index < -0.39 is 16.1 Å². The largest absolute Gasteiger partial charge is 0.497 e. The Morgan fingerprint density at radius 1 is 1.05 bits per heavy atom. The first-order chi connectivity index (χ1) is 19.0. The summed E-state index contributed by atoms with van der Waals surface area (Å²) in [6.45, 7) is 2.06. The van der Waals surface area contributed by atoms with Crippen LogP contribution in [-0.2, 0) is 26.2 Å². The summed E-state index contributed by atoms with van der Waals surface area (Å²) in [6, 6.07) is 11.5. The Morgan fingerprint density at radius 2 is 1.73 bits per heavy atom. The summed E-state index contributed by atoms with van der Waals surface area (Å²) in [5.74, 6) is 0.718. The van der Waals surface area contributed by atoms with E-state index in [1.165, 1.54) is 23.9 Å². The Balaban J connectivity index is 1.73. The van der Waals surface area contributed by atoms with E-state index in [-0.39, 0.29) is 48.8 Å². The molecule has 1 aliphatic carbocycles. The van der Waals surface area contributed by atoms with E-state index in [9.17, 15) is 18.0 Å². The lowest BCUT2D eigenvalue weighted by atomic mass is 9.95. The topological polar surface area (TPSA) is 105 Å². The Bertz CT molecular complexity index is 1250. The molecule has 3 rings (SSSR count). The molecule has 0 saturated heterocycles. The third kappa shape index (κ3) is 8.76. The molecule has 0 unspecified atom stereocenters. The predicted octanol–water partition coefficient (Wildman–Crippen LogP) is 4.77. The first-order valence-corrected chi connectivity index (χ1v) is 15.8. The summed E-state index contributed by atoms with van der Waals surface area (Å²) < 4.78 is 36.8. The van der Waals surface area contributed by atoms with Crippen molar-refractivity contribution >= 4 is 39.1 Å². The molecule has 2 aromatic rings. The lowest BCUT2D eigenvalue weighted by molar-refractivity contribution is -0.141. The maximum atomic E-state index is 13.5. The van der Waals surface area contributed by atoms with Crippen molar-refractivity contribution in [1.29, 1.82) is 0 Å². The van der Waals surface area contributed by atoms with Crippen molar-refractivity contribution in [2.75, 3.05) is 31.3 Å². The minimum absolute atomic E-state index is 0.0626. The summed E-state index contributed by atoms with van der Waals surface area (Å²) in [5, 5.41) is 3.41. The first-order valence-electron chi connectivity index (χ1n) is 13.6. The minimum atomic E-state index is -3.64. The number of methoxy groups -OCH3 is 2. The summed E-state index contributed by atoms with van der Waals surface area (Å²) in [6.07, 6.45) is 6.67. The van der Waals surface area contributed by atoms with Crippen molar-refractivity contribution in [3.8, 4) is 11.5 Å². The van der Waals surface area contributed by atoms with Crippen molar-refractivity contribution in [1.82, 2.24) is 10.2 Å². The molecule has 2 amide bonds. The standard InChI is InChI=1S/C29H40ClN3O6S/c1-21(29(35)31-23-9-6-5-7-10-23)32(20-22-12-15-25(38-2)16-13-22)28(34)11-8-18-33(40(4,36)37)24-14-17-27(39-3)26(30)19-24/h12-17,19,21,23H,5-11,18,20H2,1-4H3,(H,31,35)/t21-/m1/s1. The summed E-state index contributed by atoms with van der Waals surface area (Å²) in [7, 11) is -0.574. The number of carbonyl (C=O) groups excluding carboxylic acids is 2. The Kier molecular flexibility index (Phi) is 11.5. The Labute approximate surface area is 242 Å². The summed E-state index contributed by atoms with van der Waals surface area (Å²) in [5.41, 5.74) is 1.24. The average molecular weight is 594 g/mol. The molecule has 1 fully saturated rings. The van der Waals surface area contributed by atoms with Crippen LogP contribution in [0.1, 0.15) is 57.4 Å². The molecule has 1 saturated carbocycles. The molecule has 0 aliphatic heterocycles. The van der Waals surface area contributed by atoms with Crippen molar-refractivity contribution in [2.45, 2.75) is 70.5 Å². The molecule has 220 valence electrons. The number of carbonyl (C=O) groups is 2.